The second kappa shape index (κ2) is 5.44. The highest BCUT2D eigenvalue weighted by Gasteiger charge is 2.30. The van der Waals surface area contributed by atoms with E-state index in [1.54, 1.807) is 18.5 Å². The lowest BCUT2D eigenvalue weighted by molar-refractivity contribution is -0.137. The van der Waals surface area contributed by atoms with Crippen molar-refractivity contribution in [1.82, 2.24) is 15.3 Å². The zero-order valence-corrected chi connectivity index (χ0v) is 10.3. The Labute approximate surface area is 108 Å². The number of nitrogens with one attached hydrogen (secondary N) is 2. The van der Waals surface area contributed by atoms with Gasteiger partial charge in [0.05, 0.1) is 12.1 Å². The Bertz CT molecular complexity index is 520. The summed E-state index contributed by atoms with van der Waals surface area (Å²) in [6.45, 7) is 2.29. The summed E-state index contributed by atoms with van der Waals surface area (Å²) in [6, 6.07) is 5.15. The van der Waals surface area contributed by atoms with Gasteiger partial charge in [-0.05, 0) is 24.6 Å². The van der Waals surface area contributed by atoms with Crippen molar-refractivity contribution in [2.45, 2.75) is 25.7 Å². The highest BCUT2D eigenvalue weighted by Crippen LogP contribution is 2.30. The Morgan fingerprint density at radius 3 is 2.79 bits per heavy atom. The van der Waals surface area contributed by atoms with Gasteiger partial charge < -0.3 is 10.3 Å². The van der Waals surface area contributed by atoms with Gasteiger partial charge in [-0.15, -0.1) is 0 Å². The van der Waals surface area contributed by atoms with Crippen LogP contribution in [0.15, 0.2) is 36.7 Å². The number of rotatable bonds is 4. The molecule has 2 aromatic rings. The first-order valence-corrected chi connectivity index (χ1v) is 5.85. The first kappa shape index (κ1) is 13.6. The molecule has 0 fully saturated rings. The lowest BCUT2D eigenvalue weighted by atomic mass is 10.0. The topological polar surface area (TPSA) is 40.7 Å². The number of halogens is 3. The lowest BCUT2D eigenvalue weighted by Gasteiger charge is -2.15. The van der Waals surface area contributed by atoms with Gasteiger partial charge in [-0.2, -0.15) is 13.2 Å². The second-order valence-electron chi connectivity index (χ2n) is 4.26. The number of nitrogens with zero attached hydrogens (tertiary/aromatic N) is 1. The van der Waals surface area contributed by atoms with Crippen molar-refractivity contribution in [3.05, 3.63) is 53.6 Å². The fourth-order valence-corrected chi connectivity index (χ4v) is 1.75. The maximum absolute atomic E-state index is 12.6. The predicted molar refractivity (Wildman–Crippen MR) is 65.3 cm³/mol. The summed E-state index contributed by atoms with van der Waals surface area (Å²) in [5.41, 5.74) is -0.0296. The zero-order valence-electron chi connectivity index (χ0n) is 10.3. The van der Waals surface area contributed by atoms with Crippen LogP contribution in [0.3, 0.4) is 0 Å². The molecule has 0 saturated carbocycles. The van der Waals surface area contributed by atoms with E-state index in [-0.39, 0.29) is 6.04 Å². The SMILES string of the molecule is C[C@H](NCc1ncc[nH]1)c1cccc(C(F)(F)F)c1. The number of hydrogen-bond acceptors (Lipinski definition) is 2. The van der Waals surface area contributed by atoms with Crippen molar-refractivity contribution < 1.29 is 13.2 Å². The van der Waals surface area contributed by atoms with Crippen LogP contribution < -0.4 is 5.32 Å². The number of imidazole rings is 1. The van der Waals surface area contributed by atoms with Crippen LogP contribution in [0.1, 0.15) is 29.9 Å². The Balaban J connectivity index is 2.04. The van der Waals surface area contributed by atoms with Gasteiger partial charge in [0.25, 0.3) is 0 Å². The van der Waals surface area contributed by atoms with Gasteiger partial charge in [0.1, 0.15) is 5.82 Å². The van der Waals surface area contributed by atoms with Crippen LogP contribution in [0.25, 0.3) is 0 Å². The molecule has 0 aliphatic rings. The summed E-state index contributed by atoms with van der Waals surface area (Å²) in [5.74, 6) is 0.749. The molecule has 0 spiro atoms. The van der Waals surface area contributed by atoms with Crippen molar-refractivity contribution in [3.63, 3.8) is 0 Å². The molecule has 1 aromatic carbocycles. The molecular weight excluding hydrogens is 255 g/mol. The smallest absolute Gasteiger partial charge is 0.348 e. The van der Waals surface area contributed by atoms with Gasteiger partial charge in [0.15, 0.2) is 0 Å². The van der Waals surface area contributed by atoms with Crippen LogP contribution in [0.4, 0.5) is 13.2 Å². The van der Waals surface area contributed by atoms with E-state index in [0.29, 0.717) is 12.1 Å². The highest BCUT2D eigenvalue weighted by atomic mass is 19.4. The van der Waals surface area contributed by atoms with Crippen molar-refractivity contribution in [2.75, 3.05) is 0 Å². The molecule has 2 rings (SSSR count). The number of H-pyrrole nitrogens is 1. The molecule has 0 unspecified atom stereocenters. The van der Waals surface area contributed by atoms with Gasteiger partial charge in [-0.25, -0.2) is 4.98 Å². The average molecular weight is 269 g/mol. The normalized spacial score (nSPS) is 13.5. The first-order chi connectivity index (χ1) is 8.97. The molecular formula is C13H14F3N3. The van der Waals surface area contributed by atoms with Crippen molar-refractivity contribution >= 4 is 0 Å². The Kier molecular flexibility index (Phi) is 3.90. The van der Waals surface area contributed by atoms with Gasteiger partial charge in [-0.1, -0.05) is 12.1 Å². The molecule has 19 heavy (non-hydrogen) atoms. The Hall–Kier alpha value is -1.82. The summed E-state index contributed by atoms with van der Waals surface area (Å²) in [7, 11) is 0. The van der Waals surface area contributed by atoms with Crippen molar-refractivity contribution in [2.24, 2.45) is 0 Å². The quantitative estimate of drug-likeness (QED) is 0.894. The van der Waals surface area contributed by atoms with E-state index >= 15 is 0 Å². The van der Waals surface area contributed by atoms with E-state index in [1.165, 1.54) is 12.1 Å². The van der Waals surface area contributed by atoms with E-state index in [2.05, 4.69) is 15.3 Å². The summed E-state index contributed by atoms with van der Waals surface area (Å²) < 4.78 is 37.8. The van der Waals surface area contributed by atoms with E-state index in [9.17, 15) is 13.2 Å². The fourth-order valence-electron chi connectivity index (χ4n) is 1.75. The average Bonchev–Trinajstić information content (AvgIpc) is 2.88. The molecule has 1 atom stereocenters. The summed E-state index contributed by atoms with van der Waals surface area (Å²) in [5, 5.41) is 3.12. The van der Waals surface area contributed by atoms with Gasteiger partial charge in [0, 0.05) is 18.4 Å². The zero-order chi connectivity index (χ0) is 13.9. The lowest BCUT2D eigenvalue weighted by Crippen LogP contribution is -2.19. The number of aromatic nitrogens is 2. The van der Waals surface area contributed by atoms with Crippen LogP contribution in [-0.2, 0) is 12.7 Å². The van der Waals surface area contributed by atoms with E-state index in [1.807, 2.05) is 6.92 Å². The van der Waals surface area contributed by atoms with Crippen LogP contribution >= 0.6 is 0 Å². The number of hydrogen-bond donors (Lipinski definition) is 2. The number of alkyl halides is 3. The molecule has 1 aromatic heterocycles. The maximum Gasteiger partial charge on any atom is 0.416 e. The van der Waals surface area contributed by atoms with Gasteiger partial charge in [0.2, 0.25) is 0 Å². The molecule has 3 nitrogen and oxygen atoms in total. The molecule has 0 radical (unpaired) electrons. The van der Waals surface area contributed by atoms with Crippen LogP contribution in [0.5, 0.6) is 0 Å². The van der Waals surface area contributed by atoms with Crippen LogP contribution in [-0.4, -0.2) is 9.97 Å². The van der Waals surface area contributed by atoms with E-state index in [4.69, 9.17) is 0 Å². The Morgan fingerprint density at radius 2 is 2.16 bits per heavy atom. The fraction of sp³-hybridized carbons (Fsp3) is 0.308. The molecule has 0 saturated heterocycles. The first-order valence-electron chi connectivity index (χ1n) is 5.85. The molecule has 0 aliphatic carbocycles. The minimum atomic E-state index is -4.31. The standard InChI is InChI=1S/C13H14F3N3/c1-9(19-8-12-17-5-6-18-12)10-3-2-4-11(7-10)13(14,15)16/h2-7,9,19H,8H2,1H3,(H,17,18)/t9-/m0/s1. The monoisotopic (exact) mass is 269 g/mol. The summed E-state index contributed by atoms with van der Waals surface area (Å²) in [6.07, 6.45) is -0.978. The summed E-state index contributed by atoms with van der Waals surface area (Å²) in [4.78, 5) is 6.97. The third-order valence-corrected chi connectivity index (χ3v) is 2.84. The molecule has 0 bridgehead atoms. The minimum Gasteiger partial charge on any atom is -0.348 e. The van der Waals surface area contributed by atoms with Crippen molar-refractivity contribution in [1.29, 1.82) is 0 Å². The second-order valence-corrected chi connectivity index (χ2v) is 4.26. The van der Waals surface area contributed by atoms with Crippen molar-refractivity contribution in [3.8, 4) is 0 Å². The summed E-state index contributed by atoms with van der Waals surface area (Å²) >= 11 is 0. The molecule has 0 aliphatic heterocycles. The molecule has 1 heterocycles. The van der Waals surface area contributed by atoms with Gasteiger partial charge >= 0.3 is 6.18 Å². The third-order valence-electron chi connectivity index (χ3n) is 2.84. The maximum atomic E-state index is 12.6. The largest absolute Gasteiger partial charge is 0.416 e. The molecule has 0 amide bonds. The predicted octanol–water partition coefficient (Wildman–Crippen LogP) is 3.28. The number of benzene rings is 1. The minimum absolute atomic E-state index is 0.188. The number of aromatic amines is 1. The molecule has 2 N–H and O–H groups in total. The molecule has 102 valence electrons. The Morgan fingerprint density at radius 1 is 1.37 bits per heavy atom. The molecule has 6 heteroatoms. The highest BCUT2D eigenvalue weighted by molar-refractivity contribution is 5.27. The third kappa shape index (κ3) is 3.57. The van der Waals surface area contributed by atoms with Crippen LogP contribution in [0, 0.1) is 0 Å². The van der Waals surface area contributed by atoms with Crippen LogP contribution in [0.2, 0.25) is 0 Å². The van der Waals surface area contributed by atoms with E-state index in [0.717, 1.165) is 11.9 Å². The van der Waals surface area contributed by atoms with E-state index < -0.39 is 11.7 Å². The van der Waals surface area contributed by atoms with Gasteiger partial charge in [-0.3, -0.25) is 0 Å².